The van der Waals surface area contributed by atoms with E-state index in [1.807, 2.05) is 24.5 Å². The van der Waals surface area contributed by atoms with Crippen molar-refractivity contribution in [3.8, 4) is 0 Å². The van der Waals surface area contributed by atoms with Gasteiger partial charge in [0.25, 0.3) is 0 Å². The van der Waals surface area contributed by atoms with Crippen molar-refractivity contribution in [2.24, 2.45) is 0 Å². The Balaban J connectivity index is 1.96. The lowest BCUT2D eigenvalue weighted by molar-refractivity contribution is 0.923. The Labute approximate surface area is 132 Å². The molecule has 0 atom stereocenters. The first-order valence-electron chi connectivity index (χ1n) is 6.80. The lowest BCUT2D eigenvalue weighted by atomic mass is 10.1. The van der Waals surface area contributed by atoms with Crippen LogP contribution in [0.25, 0.3) is 11.0 Å². The van der Waals surface area contributed by atoms with Gasteiger partial charge in [-0.15, -0.1) is 0 Å². The van der Waals surface area contributed by atoms with E-state index in [0.29, 0.717) is 0 Å². The maximum atomic E-state index is 4.51. The SMILES string of the molecule is Cc1cccc(CN(C)c2ccnc3cc(Br)cnc23)c1. The van der Waals surface area contributed by atoms with Crippen molar-refractivity contribution >= 4 is 32.7 Å². The molecule has 21 heavy (non-hydrogen) atoms. The molecular formula is C17H16BrN3. The van der Waals surface area contributed by atoms with Crippen LogP contribution in [-0.4, -0.2) is 17.0 Å². The largest absolute Gasteiger partial charge is 0.368 e. The molecule has 0 N–H and O–H groups in total. The van der Waals surface area contributed by atoms with E-state index in [1.54, 1.807) is 0 Å². The highest BCUT2D eigenvalue weighted by atomic mass is 79.9. The molecule has 3 aromatic rings. The van der Waals surface area contributed by atoms with Crippen molar-refractivity contribution in [3.05, 3.63) is 64.4 Å². The van der Waals surface area contributed by atoms with E-state index in [4.69, 9.17) is 0 Å². The van der Waals surface area contributed by atoms with E-state index in [-0.39, 0.29) is 0 Å². The lowest BCUT2D eigenvalue weighted by Crippen LogP contribution is -2.17. The third-order valence-corrected chi connectivity index (χ3v) is 3.87. The predicted molar refractivity (Wildman–Crippen MR) is 90.5 cm³/mol. The van der Waals surface area contributed by atoms with Crippen LogP contribution in [0.15, 0.2) is 53.3 Å². The van der Waals surface area contributed by atoms with E-state index in [2.05, 4.69) is 69.0 Å². The zero-order valence-corrected chi connectivity index (χ0v) is 13.6. The minimum atomic E-state index is 0.846. The smallest absolute Gasteiger partial charge is 0.112 e. The van der Waals surface area contributed by atoms with Gasteiger partial charge in [0.2, 0.25) is 0 Å². The number of rotatable bonds is 3. The first kappa shape index (κ1) is 14.0. The summed E-state index contributed by atoms with van der Waals surface area (Å²) in [5.74, 6) is 0. The fraction of sp³-hybridized carbons (Fsp3) is 0.176. The van der Waals surface area contributed by atoms with Gasteiger partial charge in [-0.1, -0.05) is 29.8 Å². The van der Waals surface area contributed by atoms with Crippen LogP contribution in [0.2, 0.25) is 0 Å². The lowest BCUT2D eigenvalue weighted by Gasteiger charge is -2.20. The van der Waals surface area contributed by atoms with Crippen LogP contribution in [-0.2, 0) is 6.54 Å². The van der Waals surface area contributed by atoms with Crippen LogP contribution < -0.4 is 4.90 Å². The Morgan fingerprint density at radius 1 is 1.14 bits per heavy atom. The van der Waals surface area contributed by atoms with Gasteiger partial charge in [0.05, 0.1) is 11.2 Å². The third kappa shape index (κ3) is 3.05. The molecule has 3 rings (SSSR count). The molecule has 0 saturated heterocycles. The molecule has 2 aromatic heterocycles. The summed E-state index contributed by atoms with van der Waals surface area (Å²) >= 11 is 3.44. The molecule has 3 nitrogen and oxygen atoms in total. The van der Waals surface area contributed by atoms with Crippen LogP contribution in [0.4, 0.5) is 5.69 Å². The summed E-state index contributed by atoms with van der Waals surface area (Å²) in [6.07, 6.45) is 3.65. The normalized spacial score (nSPS) is 10.8. The van der Waals surface area contributed by atoms with Crippen LogP contribution in [0, 0.1) is 6.92 Å². The van der Waals surface area contributed by atoms with Crippen molar-refractivity contribution < 1.29 is 0 Å². The summed E-state index contributed by atoms with van der Waals surface area (Å²) < 4.78 is 0.945. The topological polar surface area (TPSA) is 29.0 Å². The van der Waals surface area contributed by atoms with Gasteiger partial charge in [-0.3, -0.25) is 9.97 Å². The van der Waals surface area contributed by atoms with Crippen molar-refractivity contribution in [3.63, 3.8) is 0 Å². The van der Waals surface area contributed by atoms with Gasteiger partial charge in [-0.25, -0.2) is 0 Å². The summed E-state index contributed by atoms with van der Waals surface area (Å²) in [6, 6.07) is 12.6. The molecule has 0 aliphatic heterocycles. The Kier molecular flexibility index (Phi) is 3.88. The van der Waals surface area contributed by atoms with Gasteiger partial charge < -0.3 is 4.90 Å². The highest BCUT2D eigenvalue weighted by Gasteiger charge is 2.09. The number of fused-ring (bicyclic) bond motifs is 1. The molecule has 1 aromatic carbocycles. The van der Waals surface area contributed by atoms with Crippen LogP contribution in [0.3, 0.4) is 0 Å². The molecule has 0 aliphatic carbocycles. The highest BCUT2D eigenvalue weighted by Crippen LogP contribution is 2.25. The average molecular weight is 342 g/mol. The highest BCUT2D eigenvalue weighted by molar-refractivity contribution is 9.10. The molecule has 0 radical (unpaired) electrons. The number of pyridine rings is 2. The van der Waals surface area contributed by atoms with Crippen molar-refractivity contribution in [1.29, 1.82) is 0 Å². The quantitative estimate of drug-likeness (QED) is 0.709. The van der Waals surface area contributed by atoms with E-state index < -0.39 is 0 Å². The van der Waals surface area contributed by atoms with Crippen molar-refractivity contribution in [1.82, 2.24) is 9.97 Å². The second-order valence-corrected chi connectivity index (χ2v) is 6.11. The summed E-state index contributed by atoms with van der Waals surface area (Å²) in [6.45, 7) is 2.96. The second-order valence-electron chi connectivity index (χ2n) is 5.20. The molecule has 2 heterocycles. The summed E-state index contributed by atoms with van der Waals surface area (Å²) in [4.78, 5) is 11.1. The maximum absolute atomic E-state index is 4.51. The standard InChI is InChI=1S/C17H16BrN3/c1-12-4-3-5-13(8-12)11-21(2)16-6-7-19-15-9-14(18)10-20-17(15)16/h3-10H,11H2,1-2H3. The van der Waals surface area contributed by atoms with Gasteiger partial charge >= 0.3 is 0 Å². The number of anilines is 1. The zero-order chi connectivity index (χ0) is 14.8. The Hall–Kier alpha value is -1.94. The monoisotopic (exact) mass is 341 g/mol. The molecule has 0 spiro atoms. The van der Waals surface area contributed by atoms with E-state index in [1.165, 1.54) is 11.1 Å². The molecule has 0 fully saturated rings. The molecule has 0 amide bonds. The van der Waals surface area contributed by atoms with E-state index in [9.17, 15) is 0 Å². The number of hydrogen-bond acceptors (Lipinski definition) is 3. The second kappa shape index (κ2) is 5.82. The van der Waals surface area contributed by atoms with Gasteiger partial charge in [0.15, 0.2) is 0 Å². The molecule has 106 valence electrons. The first-order chi connectivity index (χ1) is 10.1. The number of hydrogen-bond donors (Lipinski definition) is 0. The van der Waals surface area contributed by atoms with Crippen LogP contribution in [0.5, 0.6) is 0 Å². The molecule has 0 bridgehead atoms. The number of benzene rings is 1. The number of nitrogens with zero attached hydrogens (tertiary/aromatic N) is 3. The fourth-order valence-corrected chi connectivity index (χ4v) is 2.79. The van der Waals surface area contributed by atoms with Gasteiger partial charge in [-0.2, -0.15) is 0 Å². The molecule has 0 unspecified atom stereocenters. The molecule has 0 saturated carbocycles. The summed E-state index contributed by atoms with van der Waals surface area (Å²) in [5, 5.41) is 0. The summed E-state index contributed by atoms with van der Waals surface area (Å²) in [5.41, 5.74) is 5.49. The van der Waals surface area contributed by atoms with Crippen molar-refractivity contribution in [2.75, 3.05) is 11.9 Å². The fourth-order valence-electron chi connectivity index (χ4n) is 2.47. The number of aromatic nitrogens is 2. The first-order valence-corrected chi connectivity index (χ1v) is 7.60. The average Bonchev–Trinajstić information content (AvgIpc) is 2.46. The predicted octanol–water partition coefficient (Wildman–Crippen LogP) is 4.34. The summed E-state index contributed by atoms with van der Waals surface area (Å²) in [7, 11) is 2.08. The zero-order valence-electron chi connectivity index (χ0n) is 12.0. The number of halogens is 1. The van der Waals surface area contributed by atoms with Crippen LogP contribution in [0.1, 0.15) is 11.1 Å². The number of aryl methyl sites for hydroxylation is 1. The van der Waals surface area contributed by atoms with E-state index >= 15 is 0 Å². The molecule has 0 aliphatic rings. The Bertz CT molecular complexity index is 786. The Morgan fingerprint density at radius 2 is 2.00 bits per heavy atom. The molecular weight excluding hydrogens is 326 g/mol. The van der Waals surface area contributed by atoms with E-state index in [0.717, 1.165) is 27.7 Å². The third-order valence-electron chi connectivity index (χ3n) is 3.44. The van der Waals surface area contributed by atoms with Crippen LogP contribution >= 0.6 is 15.9 Å². The van der Waals surface area contributed by atoms with Gasteiger partial charge in [-0.05, 0) is 40.5 Å². The van der Waals surface area contributed by atoms with Crippen molar-refractivity contribution in [2.45, 2.75) is 13.5 Å². The minimum absolute atomic E-state index is 0.846. The minimum Gasteiger partial charge on any atom is -0.368 e. The molecule has 4 heteroatoms. The van der Waals surface area contributed by atoms with Gasteiger partial charge in [0.1, 0.15) is 5.52 Å². The maximum Gasteiger partial charge on any atom is 0.112 e. The Morgan fingerprint density at radius 3 is 2.81 bits per heavy atom. The van der Waals surface area contributed by atoms with Gasteiger partial charge in [0, 0.05) is 30.5 Å².